The molecule has 0 aliphatic heterocycles. The number of hydrogen-bond donors (Lipinski definition) is 3. The molecular weight excluding hydrogens is 244 g/mol. The van der Waals surface area contributed by atoms with Gasteiger partial charge in [-0.25, -0.2) is 0 Å². The topological polar surface area (TPSA) is 103 Å². The number of anilines is 1. The summed E-state index contributed by atoms with van der Waals surface area (Å²) in [6.45, 7) is 6.37. The number of aromatic nitrogens is 1. The summed E-state index contributed by atoms with van der Waals surface area (Å²) in [5, 5.41) is 2.65. The number of amides is 2. The number of hydrogen-bond acceptors (Lipinski definition) is 3. The highest BCUT2D eigenvalue weighted by Gasteiger charge is 2.23. The van der Waals surface area contributed by atoms with Gasteiger partial charge < -0.3 is 21.4 Å². The van der Waals surface area contributed by atoms with Gasteiger partial charge in [-0.05, 0) is 18.4 Å². The van der Waals surface area contributed by atoms with Gasteiger partial charge in [0, 0.05) is 12.7 Å². The molecular formula is C13H22N4O2. The predicted octanol–water partition coefficient (Wildman–Crippen LogP) is 0.720. The van der Waals surface area contributed by atoms with E-state index in [1.54, 1.807) is 16.8 Å². The summed E-state index contributed by atoms with van der Waals surface area (Å²) in [5.74, 6) is -0.930. The van der Waals surface area contributed by atoms with E-state index >= 15 is 0 Å². The number of nitrogens with one attached hydrogen (secondary N) is 1. The quantitative estimate of drug-likeness (QED) is 0.706. The zero-order valence-electron chi connectivity index (χ0n) is 11.6. The molecule has 0 bridgehead atoms. The molecule has 1 unspecified atom stereocenters. The van der Waals surface area contributed by atoms with Gasteiger partial charge >= 0.3 is 0 Å². The summed E-state index contributed by atoms with van der Waals surface area (Å²) < 4.78 is 1.78. The first-order valence-corrected chi connectivity index (χ1v) is 6.42. The van der Waals surface area contributed by atoms with Crippen molar-refractivity contribution in [3.05, 3.63) is 18.0 Å². The van der Waals surface area contributed by atoms with Crippen LogP contribution in [0.15, 0.2) is 12.3 Å². The summed E-state index contributed by atoms with van der Waals surface area (Å²) in [4.78, 5) is 23.5. The fourth-order valence-corrected chi connectivity index (χ4v) is 1.93. The lowest BCUT2D eigenvalue weighted by atomic mass is 10.0. The molecule has 6 heteroatoms. The van der Waals surface area contributed by atoms with E-state index in [1.807, 2.05) is 20.8 Å². The highest BCUT2D eigenvalue weighted by molar-refractivity contribution is 5.97. The minimum absolute atomic E-state index is 0.0617. The van der Waals surface area contributed by atoms with Crippen LogP contribution >= 0.6 is 0 Å². The van der Waals surface area contributed by atoms with Crippen LogP contribution in [0.3, 0.4) is 0 Å². The number of nitrogens with two attached hydrogens (primary N) is 2. The lowest BCUT2D eigenvalue weighted by Crippen LogP contribution is -2.48. The molecule has 0 spiro atoms. The van der Waals surface area contributed by atoms with Crippen LogP contribution in [0.5, 0.6) is 0 Å². The van der Waals surface area contributed by atoms with Crippen molar-refractivity contribution in [2.75, 3.05) is 5.73 Å². The molecule has 6 nitrogen and oxygen atoms in total. The van der Waals surface area contributed by atoms with Crippen molar-refractivity contribution >= 4 is 17.5 Å². The Hall–Kier alpha value is -1.98. The standard InChI is InChI=1S/C13H22N4O2/c1-4-5-17-7-9(14)6-10(17)13(19)16-11(8(2)3)12(15)18/h6-8,11H,4-5,14H2,1-3H3,(H2,15,18)(H,16,19). The van der Waals surface area contributed by atoms with E-state index in [2.05, 4.69) is 5.32 Å². The van der Waals surface area contributed by atoms with Crippen molar-refractivity contribution in [3.63, 3.8) is 0 Å². The molecule has 0 aliphatic carbocycles. The Morgan fingerprint density at radius 1 is 1.42 bits per heavy atom. The number of aryl methyl sites for hydroxylation is 1. The first-order valence-electron chi connectivity index (χ1n) is 6.42. The fourth-order valence-electron chi connectivity index (χ4n) is 1.93. The van der Waals surface area contributed by atoms with Crippen molar-refractivity contribution in [2.24, 2.45) is 11.7 Å². The summed E-state index contributed by atoms with van der Waals surface area (Å²) in [7, 11) is 0. The Morgan fingerprint density at radius 2 is 2.05 bits per heavy atom. The van der Waals surface area contributed by atoms with Gasteiger partial charge in [0.15, 0.2) is 0 Å². The molecule has 0 saturated heterocycles. The molecule has 1 rings (SSSR count). The summed E-state index contributed by atoms with van der Waals surface area (Å²) in [5.41, 5.74) is 12.0. The fraction of sp³-hybridized carbons (Fsp3) is 0.538. The summed E-state index contributed by atoms with van der Waals surface area (Å²) >= 11 is 0. The Balaban J connectivity index is 2.91. The highest BCUT2D eigenvalue weighted by atomic mass is 16.2. The Morgan fingerprint density at radius 3 is 2.53 bits per heavy atom. The number of carbonyl (C=O) groups excluding carboxylic acids is 2. The number of nitrogens with zero attached hydrogens (tertiary/aromatic N) is 1. The molecule has 19 heavy (non-hydrogen) atoms. The molecule has 5 N–H and O–H groups in total. The van der Waals surface area contributed by atoms with Crippen molar-refractivity contribution in [3.8, 4) is 0 Å². The lowest BCUT2D eigenvalue weighted by molar-refractivity contribution is -0.120. The number of rotatable bonds is 6. The monoisotopic (exact) mass is 266 g/mol. The maximum Gasteiger partial charge on any atom is 0.268 e. The highest BCUT2D eigenvalue weighted by Crippen LogP contribution is 2.12. The van der Waals surface area contributed by atoms with Gasteiger partial charge in [-0.1, -0.05) is 20.8 Å². The van der Waals surface area contributed by atoms with E-state index in [9.17, 15) is 9.59 Å². The van der Waals surface area contributed by atoms with Crippen molar-refractivity contribution in [2.45, 2.75) is 39.8 Å². The van der Waals surface area contributed by atoms with Crippen LogP contribution in [-0.4, -0.2) is 22.4 Å². The van der Waals surface area contributed by atoms with Crippen LogP contribution in [-0.2, 0) is 11.3 Å². The molecule has 0 aromatic carbocycles. The van der Waals surface area contributed by atoms with Crippen LogP contribution in [0.25, 0.3) is 0 Å². The van der Waals surface area contributed by atoms with E-state index in [4.69, 9.17) is 11.5 Å². The molecule has 1 aromatic rings. The van der Waals surface area contributed by atoms with Crippen molar-refractivity contribution in [1.29, 1.82) is 0 Å². The SMILES string of the molecule is CCCn1cc(N)cc1C(=O)NC(C(N)=O)C(C)C. The second-order valence-corrected chi connectivity index (χ2v) is 4.95. The van der Waals surface area contributed by atoms with Crippen molar-refractivity contribution < 1.29 is 9.59 Å². The average Bonchev–Trinajstić information content (AvgIpc) is 2.66. The Kier molecular flexibility index (Phi) is 4.97. The third kappa shape index (κ3) is 3.74. The van der Waals surface area contributed by atoms with Gasteiger partial charge in [0.25, 0.3) is 5.91 Å². The molecule has 0 saturated carbocycles. The maximum absolute atomic E-state index is 12.2. The van der Waals surface area contributed by atoms with Gasteiger partial charge in [0.1, 0.15) is 11.7 Å². The predicted molar refractivity (Wildman–Crippen MR) is 74.4 cm³/mol. The Labute approximate surface area is 113 Å². The number of nitrogen functional groups attached to an aromatic ring is 1. The normalized spacial score (nSPS) is 12.4. The molecule has 1 heterocycles. The minimum Gasteiger partial charge on any atom is -0.397 e. The van der Waals surface area contributed by atoms with Gasteiger partial charge in [0.2, 0.25) is 5.91 Å². The molecule has 0 aliphatic rings. The van der Waals surface area contributed by atoms with Crippen LogP contribution in [0, 0.1) is 5.92 Å². The second-order valence-electron chi connectivity index (χ2n) is 4.95. The van der Waals surface area contributed by atoms with E-state index in [0.29, 0.717) is 17.9 Å². The van der Waals surface area contributed by atoms with Crippen LogP contribution in [0.4, 0.5) is 5.69 Å². The third-order valence-corrected chi connectivity index (χ3v) is 2.87. The largest absolute Gasteiger partial charge is 0.397 e. The smallest absolute Gasteiger partial charge is 0.268 e. The summed E-state index contributed by atoms with van der Waals surface area (Å²) in [6.07, 6.45) is 2.60. The maximum atomic E-state index is 12.2. The van der Waals surface area contributed by atoms with Crippen molar-refractivity contribution in [1.82, 2.24) is 9.88 Å². The average molecular weight is 266 g/mol. The van der Waals surface area contributed by atoms with Gasteiger partial charge in [-0.15, -0.1) is 0 Å². The summed E-state index contributed by atoms with van der Waals surface area (Å²) in [6, 6.07) is 0.919. The van der Waals surface area contributed by atoms with Gasteiger partial charge in [-0.2, -0.15) is 0 Å². The zero-order chi connectivity index (χ0) is 14.6. The van der Waals surface area contributed by atoms with Gasteiger partial charge in [0.05, 0.1) is 5.69 Å². The van der Waals surface area contributed by atoms with E-state index < -0.39 is 11.9 Å². The number of carbonyl (C=O) groups is 2. The molecule has 0 fully saturated rings. The first-order chi connectivity index (χ1) is 8.86. The van der Waals surface area contributed by atoms with E-state index in [0.717, 1.165) is 6.42 Å². The minimum atomic E-state index is -0.682. The molecule has 1 aromatic heterocycles. The van der Waals surface area contributed by atoms with Crippen LogP contribution in [0.1, 0.15) is 37.7 Å². The molecule has 2 amide bonds. The zero-order valence-corrected chi connectivity index (χ0v) is 11.6. The van der Waals surface area contributed by atoms with Crippen LogP contribution < -0.4 is 16.8 Å². The van der Waals surface area contributed by atoms with Gasteiger partial charge in [-0.3, -0.25) is 9.59 Å². The van der Waals surface area contributed by atoms with E-state index in [1.165, 1.54) is 0 Å². The third-order valence-electron chi connectivity index (χ3n) is 2.87. The first kappa shape index (κ1) is 15.1. The molecule has 106 valence electrons. The van der Waals surface area contributed by atoms with E-state index in [-0.39, 0.29) is 11.8 Å². The second kappa shape index (κ2) is 6.26. The number of primary amides is 1. The van der Waals surface area contributed by atoms with Crippen LogP contribution in [0.2, 0.25) is 0 Å². The molecule has 1 atom stereocenters. The lowest BCUT2D eigenvalue weighted by Gasteiger charge is -2.19. The molecule has 0 radical (unpaired) electrons. The Bertz CT molecular complexity index is 465.